The van der Waals surface area contributed by atoms with Gasteiger partial charge in [0.2, 0.25) is 6.79 Å². The van der Waals surface area contributed by atoms with Crippen molar-refractivity contribution in [3.8, 4) is 17.2 Å². The van der Waals surface area contributed by atoms with Crippen LogP contribution in [0.4, 0.5) is 4.39 Å². The van der Waals surface area contributed by atoms with E-state index in [9.17, 15) is 4.39 Å². The number of hydrogen-bond donors (Lipinski definition) is 0. The maximum atomic E-state index is 13.2. The molecule has 0 atom stereocenters. The smallest absolute Gasteiger partial charge is 0.231 e. The lowest BCUT2D eigenvalue weighted by Gasteiger charge is -2.07. The van der Waals surface area contributed by atoms with E-state index in [1.807, 2.05) is 6.07 Å². The van der Waals surface area contributed by atoms with Crippen molar-refractivity contribution in [2.75, 3.05) is 6.79 Å². The molecule has 98 valence electrons. The summed E-state index contributed by atoms with van der Waals surface area (Å²) in [4.78, 5) is 0. The Balaban J connectivity index is 1.72. The predicted octanol–water partition coefficient (Wildman–Crippen LogP) is 3.90. The summed E-state index contributed by atoms with van der Waals surface area (Å²) in [6.07, 6.45) is 0. The lowest BCUT2D eigenvalue weighted by molar-refractivity contribution is 0.173. The molecule has 0 saturated carbocycles. The van der Waals surface area contributed by atoms with Crippen LogP contribution >= 0.6 is 15.9 Å². The highest BCUT2D eigenvalue weighted by Crippen LogP contribution is 2.35. The molecule has 3 nitrogen and oxygen atoms in total. The average molecular weight is 325 g/mol. The second kappa shape index (κ2) is 5.09. The van der Waals surface area contributed by atoms with Crippen molar-refractivity contribution in [3.63, 3.8) is 0 Å². The SMILES string of the molecule is Fc1cc(Br)cc(COc2ccc3c(c2)OCO3)c1. The van der Waals surface area contributed by atoms with Crippen molar-refractivity contribution in [2.45, 2.75) is 6.61 Å². The van der Waals surface area contributed by atoms with Gasteiger partial charge in [0.1, 0.15) is 18.2 Å². The van der Waals surface area contributed by atoms with E-state index < -0.39 is 0 Å². The Kier molecular flexibility index (Phi) is 3.29. The van der Waals surface area contributed by atoms with E-state index in [1.165, 1.54) is 12.1 Å². The lowest BCUT2D eigenvalue weighted by Crippen LogP contribution is -1.96. The molecule has 2 aromatic carbocycles. The van der Waals surface area contributed by atoms with E-state index in [1.54, 1.807) is 18.2 Å². The standard InChI is InChI=1S/C14H10BrFO3/c15-10-3-9(4-11(16)5-10)7-17-12-1-2-13-14(6-12)19-8-18-13/h1-6H,7-8H2. The maximum absolute atomic E-state index is 13.2. The summed E-state index contributed by atoms with van der Waals surface area (Å²) in [5, 5.41) is 0. The third kappa shape index (κ3) is 2.81. The summed E-state index contributed by atoms with van der Waals surface area (Å²) < 4.78 is 30.0. The Labute approximate surface area is 118 Å². The normalized spacial score (nSPS) is 12.5. The zero-order chi connectivity index (χ0) is 13.2. The van der Waals surface area contributed by atoms with Gasteiger partial charge in [-0.1, -0.05) is 15.9 Å². The molecule has 0 fully saturated rings. The van der Waals surface area contributed by atoms with Gasteiger partial charge in [0.05, 0.1) is 0 Å². The number of hydrogen-bond acceptors (Lipinski definition) is 3. The van der Waals surface area contributed by atoms with Crippen molar-refractivity contribution < 1.29 is 18.6 Å². The summed E-state index contributed by atoms with van der Waals surface area (Å²) in [6.45, 7) is 0.519. The number of benzene rings is 2. The maximum Gasteiger partial charge on any atom is 0.231 e. The number of ether oxygens (including phenoxy) is 3. The van der Waals surface area contributed by atoms with E-state index >= 15 is 0 Å². The fraction of sp³-hybridized carbons (Fsp3) is 0.143. The number of rotatable bonds is 3. The topological polar surface area (TPSA) is 27.7 Å². The van der Waals surface area contributed by atoms with Crippen LogP contribution in [0.5, 0.6) is 17.2 Å². The Morgan fingerprint density at radius 3 is 2.79 bits per heavy atom. The molecular weight excluding hydrogens is 315 g/mol. The van der Waals surface area contributed by atoms with E-state index in [2.05, 4.69) is 15.9 Å². The number of fused-ring (bicyclic) bond motifs is 1. The van der Waals surface area contributed by atoms with Gasteiger partial charge in [-0.25, -0.2) is 4.39 Å². The molecule has 0 aliphatic carbocycles. The monoisotopic (exact) mass is 324 g/mol. The molecule has 5 heteroatoms. The quantitative estimate of drug-likeness (QED) is 0.857. The zero-order valence-electron chi connectivity index (χ0n) is 9.86. The second-order valence-electron chi connectivity index (χ2n) is 4.08. The molecule has 3 rings (SSSR count). The molecule has 1 aliphatic rings. The Bertz CT molecular complexity index is 595. The second-order valence-corrected chi connectivity index (χ2v) is 5.00. The van der Waals surface area contributed by atoms with Gasteiger partial charge in [0, 0.05) is 10.5 Å². The van der Waals surface area contributed by atoms with Crippen LogP contribution < -0.4 is 14.2 Å². The molecular formula is C14H10BrFO3. The van der Waals surface area contributed by atoms with E-state index in [4.69, 9.17) is 14.2 Å². The van der Waals surface area contributed by atoms with Gasteiger partial charge >= 0.3 is 0 Å². The highest BCUT2D eigenvalue weighted by Gasteiger charge is 2.13. The molecule has 0 aromatic heterocycles. The van der Waals surface area contributed by atoms with Gasteiger partial charge in [-0.05, 0) is 35.9 Å². The van der Waals surface area contributed by atoms with Crippen LogP contribution in [-0.2, 0) is 6.61 Å². The summed E-state index contributed by atoms with van der Waals surface area (Å²) in [6, 6.07) is 10.0. The predicted molar refractivity (Wildman–Crippen MR) is 71.0 cm³/mol. The zero-order valence-corrected chi connectivity index (χ0v) is 11.4. The Hall–Kier alpha value is -1.75. The minimum absolute atomic E-state index is 0.232. The first-order chi connectivity index (χ1) is 9.20. The molecule has 1 heterocycles. The Morgan fingerprint density at radius 1 is 1.11 bits per heavy atom. The third-order valence-electron chi connectivity index (χ3n) is 2.67. The fourth-order valence-electron chi connectivity index (χ4n) is 1.83. The van der Waals surface area contributed by atoms with Crippen LogP contribution in [0.15, 0.2) is 40.9 Å². The lowest BCUT2D eigenvalue weighted by atomic mass is 10.2. The largest absolute Gasteiger partial charge is 0.489 e. The van der Waals surface area contributed by atoms with Gasteiger partial charge in [-0.2, -0.15) is 0 Å². The first-order valence-electron chi connectivity index (χ1n) is 5.68. The first kappa shape index (κ1) is 12.3. The van der Waals surface area contributed by atoms with Crippen molar-refractivity contribution in [1.82, 2.24) is 0 Å². The summed E-state index contributed by atoms with van der Waals surface area (Å²) in [5.74, 6) is 1.74. The van der Waals surface area contributed by atoms with E-state index in [0.717, 1.165) is 5.56 Å². The summed E-state index contributed by atoms with van der Waals surface area (Å²) in [5.41, 5.74) is 0.754. The fourth-order valence-corrected chi connectivity index (χ4v) is 2.34. The molecule has 1 aliphatic heterocycles. The molecule has 0 amide bonds. The van der Waals surface area contributed by atoms with E-state index in [0.29, 0.717) is 21.7 Å². The third-order valence-corrected chi connectivity index (χ3v) is 3.13. The highest BCUT2D eigenvalue weighted by atomic mass is 79.9. The van der Waals surface area contributed by atoms with Crippen molar-refractivity contribution in [1.29, 1.82) is 0 Å². The van der Waals surface area contributed by atoms with Crippen LogP contribution in [-0.4, -0.2) is 6.79 Å². The minimum atomic E-state index is -0.293. The minimum Gasteiger partial charge on any atom is -0.489 e. The highest BCUT2D eigenvalue weighted by molar-refractivity contribution is 9.10. The molecule has 0 radical (unpaired) electrons. The molecule has 0 spiro atoms. The van der Waals surface area contributed by atoms with Crippen molar-refractivity contribution in [2.24, 2.45) is 0 Å². The summed E-state index contributed by atoms with van der Waals surface area (Å²) >= 11 is 3.25. The molecule has 19 heavy (non-hydrogen) atoms. The molecule has 0 N–H and O–H groups in total. The molecule has 0 unspecified atom stereocenters. The van der Waals surface area contributed by atoms with Crippen LogP contribution in [0, 0.1) is 5.82 Å². The van der Waals surface area contributed by atoms with Gasteiger partial charge in [-0.15, -0.1) is 0 Å². The molecule has 2 aromatic rings. The van der Waals surface area contributed by atoms with Gasteiger partial charge < -0.3 is 14.2 Å². The van der Waals surface area contributed by atoms with Crippen LogP contribution in [0.1, 0.15) is 5.56 Å². The van der Waals surface area contributed by atoms with Gasteiger partial charge in [-0.3, -0.25) is 0 Å². The molecule has 0 saturated heterocycles. The van der Waals surface area contributed by atoms with E-state index in [-0.39, 0.29) is 19.2 Å². The van der Waals surface area contributed by atoms with Crippen molar-refractivity contribution in [3.05, 3.63) is 52.3 Å². The first-order valence-corrected chi connectivity index (χ1v) is 6.47. The van der Waals surface area contributed by atoms with Crippen LogP contribution in [0.2, 0.25) is 0 Å². The van der Waals surface area contributed by atoms with Crippen LogP contribution in [0.25, 0.3) is 0 Å². The van der Waals surface area contributed by atoms with Crippen LogP contribution in [0.3, 0.4) is 0 Å². The van der Waals surface area contributed by atoms with Gasteiger partial charge in [0.25, 0.3) is 0 Å². The van der Waals surface area contributed by atoms with Gasteiger partial charge in [0.15, 0.2) is 11.5 Å². The molecule has 0 bridgehead atoms. The Morgan fingerprint density at radius 2 is 1.95 bits per heavy atom. The van der Waals surface area contributed by atoms with Crippen molar-refractivity contribution >= 4 is 15.9 Å². The summed E-state index contributed by atoms with van der Waals surface area (Å²) in [7, 11) is 0. The average Bonchev–Trinajstić information content (AvgIpc) is 2.82. The number of halogens is 2.